The highest BCUT2D eigenvalue weighted by molar-refractivity contribution is 5.94. The molecule has 0 radical (unpaired) electrons. The fourth-order valence-corrected chi connectivity index (χ4v) is 2.63. The van der Waals surface area contributed by atoms with Crippen molar-refractivity contribution in [3.05, 3.63) is 83.7 Å². The standard InChI is InChI=1S/C20H18F3N3O/c21-20(22,23)18-12-14-26(25-18)17-10-8-16(9-11-17)19(27)24-13-4-7-15-5-2-1-3-6-15/h1-3,5-6,8-12,14H,4,7,13H2,(H,24,27). The molecule has 1 aromatic heterocycles. The largest absolute Gasteiger partial charge is 0.435 e. The van der Waals surface area contributed by atoms with E-state index in [0.29, 0.717) is 17.8 Å². The molecule has 0 fully saturated rings. The number of carbonyl (C=O) groups excluding carboxylic acids is 1. The molecule has 1 amide bonds. The molecule has 0 atom stereocenters. The summed E-state index contributed by atoms with van der Waals surface area (Å²) in [7, 11) is 0. The minimum atomic E-state index is -4.48. The van der Waals surface area contributed by atoms with E-state index < -0.39 is 11.9 Å². The highest BCUT2D eigenvalue weighted by Gasteiger charge is 2.33. The first-order valence-corrected chi connectivity index (χ1v) is 8.49. The Morgan fingerprint density at radius 3 is 2.33 bits per heavy atom. The van der Waals surface area contributed by atoms with Crippen molar-refractivity contribution >= 4 is 5.91 Å². The van der Waals surface area contributed by atoms with Crippen LogP contribution >= 0.6 is 0 Å². The van der Waals surface area contributed by atoms with Gasteiger partial charge in [0.15, 0.2) is 5.69 Å². The first-order valence-electron chi connectivity index (χ1n) is 8.49. The molecular formula is C20H18F3N3O. The van der Waals surface area contributed by atoms with Gasteiger partial charge in [-0.15, -0.1) is 0 Å². The maximum Gasteiger partial charge on any atom is 0.435 e. The average Bonchev–Trinajstić information content (AvgIpc) is 3.17. The number of carbonyl (C=O) groups is 1. The molecule has 0 bridgehead atoms. The topological polar surface area (TPSA) is 46.9 Å². The third-order valence-electron chi connectivity index (χ3n) is 4.04. The van der Waals surface area contributed by atoms with Gasteiger partial charge in [0.1, 0.15) is 0 Å². The summed E-state index contributed by atoms with van der Waals surface area (Å²) in [6.07, 6.45) is -1.55. The second-order valence-electron chi connectivity index (χ2n) is 6.04. The van der Waals surface area contributed by atoms with E-state index >= 15 is 0 Å². The van der Waals surface area contributed by atoms with Crippen LogP contribution in [0.3, 0.4) is 0 Å². The molecule has 0 saturated heterocycles. The lowest BCUT2D eigenvalue weighted by Crippen LogP contribution is -2.24. The lowest BCUT2D eigenvalue weighted by atomic mass is 10.1. The molecule has 0 aliphatic rings. The third-order valence-corrected chi connectivity index (χ3v) is 4.04. The van der Waals surface area contributed by atoms with E-state index in [1.807, 2.05) is 30.3 Å². The quantitative estimate of drug-likeness (QED) is 0.657. The summed E-state index contributed by atoms with van der Waals surface area (Å²) >= 11 is 0. The SMILES string of the molecule is O=C(NCCCc1ccccc1)c1ccc(-n2ccc(C(F)(F)F)n2)cc1. The summed E-state index contributed by atoms with van der Waals surface area (Å²) in [5, 5.41) is 6.35. The van der Waals surface area contributed by atoms with Crippen molar-refractivity contribution in [1.82, 2.24) is 15.1 Å². The van der Waals surface area contributed by atoms with Crippen molar-refractivity contribution < 1.29 is 18.0 Å². The van der Waals surface area contributed by atoms with E-state index in [2.05, 4.69) is 10.4 Å². The lowest BCUT2D eigenvalue weighted by molar-refractivity contribution is -0.141. The third kappa shape index (κ3) is 4.97. The Bertz CT molecular complexity index is 887. The van der Waals surface area contributed by atoms with Crippen molar-refractivity contribution in [2.75, 3.05) is 6.54 Å². The van der Waals surface area contributed by atoms with Crippen LogP contribution in [0, 0.1) is 0 Å². The van der Waals surface area contributed by atoms with Gasteiger partial charge in [0, 0.05) is 18.3 Å². The van der Waals surface area contributed by atoms with Crippen LogP contribution in [-0.2, 0) is 12.6 Å². The normalized spacial score (nSPS) is 11.4. The zero-order chi connectivity index (χ0) is 19.3. The van der Waals surface area contributed by atoms with E-state index in [1.165, 1.54) is 11.8 Å². The first-order chi connectivity index (χ1) is 12.9. The molecule has 1 heterocycles. The van der Waals surface area contributed by atoms with Gasteiger partial charge in [-0.25, -0.2) is 4.68 Å². The number of rotatable bonds is 6. The predicted molar refractivity (Wildman–Crippen MR) is 95.7 cm³/mol. The van der Waals surface area contributed by atoms with Crippen molar-refractivity contribution in [3.63, 3.8) is 0 Å². The number of hydrogen-bond donors (Lipinski definition) is 1. The molecule has 0 saturated carbocycles. The second-order valence-corrected chi connectivity index (χ2v) is 6.04. The molecule has 0 spiro atoms. The highest BCUT2D eigenvalue weighted by atomic mass is 19.4. The van der Waals surface area contributed by atoms with E-state index in [9.17, 15) is 18.0 Å². The van der Waals surface area contributed by atoms with Gasteiger partial charge in [-0.2, -0.15) is 18.3 Å². The monoisotopic (exact) mass is 373 g/mol. The van der Waals surface area contributed by atoms with Crippen LogP contribution in [0.2, 0.25) is 0 Å². The van der Waals surface area contributed by atoms with E-state index in [0.717, 1.165) is 23.6 Å². The zero-order valence-electron chi connectivity index (χ0n) is 14.4. The fourth-order valence-electron chi connectivity index (χ4n) is 2.63. The lowest BCUT2D eigenvalue weighted by Gasteiger charge is -2.07. The van der Waals surface area contributed by atoms with Crippen molar-refractivity contribution in [1.29, 1.82) is 0 Å². The molecule has 4 nitrogen and oxygen atoms in total. The Morgan fingerprint density at radius 2 is 1.70 bits per heavy atom. The molecule has 7 heteroatoms. The van der Waals surface area contributed by atoms with Gasteiger partial charge in [0.2, 0.25) is 0 Å². The van der Waals surface area contributed by atoms with Gasteiger partial charge in [0.25, 0.3) is 5.91 Å². The summed E-state index contributed by atoms with van der Waals surface area (Å²) in [5.74, 6) is -0.217. The van der Waals surface area contributed by atoms with Crippen LogP contribution in [-0.4, -0.2) is 22.2 Å². The second kappa shape index (κ2) is 8.07. The minimum absolute atomic E-state index is 0.217. The van der Waals surface area contributed by atoms with Crippen LogP contribution < -0.4 is 5.32 Å². The first kappa shape index (κ1) is 18.7. The molecule has 3 rings (SSSR count). The van der Waals surface area contributed by atoms with Crippen molar-refractivity contribution in [3.8, 4) is 5.69 Å². The van der Waals surface area contributed by atoms with Crippen LogP contribution in [0.1, 0.15) is 28.0 Å². The van der Waals surface area contributed by atoms with Gasteiger partial charge in [0.05, 0.1) is 5.69 Å². The molecule has 140 valence electrons. The maximum absolute atomic E-state index is 12.6. The molecule has 2 aromatic carbocycles. The zero-order valence-corrected chi connectivity index (χ0v) is 14.4. The Balaban J connectivity index is 1.53. The molecule has 27 heavy (non-hydrogen) atoms. The smallest absolute Gasteiger partial charge is 0.352 e. The molecule has 3 aromatic rings. The number of nitrogens with zero attached hydrogens (tertiary/aromatic N) is 2. The fraction of sp³-hybridized carbons (Fsp3) is 0.200. The Hall–Kier alpha value is -3.09. The van der Waals surface area contributed by atoms with Gasteiger partial charge in [-0.3, -0.25) is 4.79 Å². The van der Waals surface area contributed by atoms with Gasteiger partial charge >= 0.3 is 6.18 Å². The van der Waals surface area contributed by atoms with Crippen LogP contribution in [0.5, 0.6) is 0 Å². The van der Waals surface area contributed by atoms with Crippen molar-refractivity contribution in [2.24, 2.45) is 0 Å². The number of benzene rings is 2. The maximum atomic E-state index is 12.6. The van der Waals surface area contributed by atoms with Crippen LogP contribution in [0.4, 0.5) is 13.2 Å². The summed E-state index contributed by atoms with van der Waals surface area (Å²) in [4.78, 5) is 12.2. The predicted octanol–water partition coefficient (Wildman–Crippen LogP) is 4.25. The number of halogens is 3. The number of nitrogens with one attached hydrogen (secondary N) is 1. The van der Waals surface area contributed by atoms with Gasteiger partial charge in [-0.1, -0.05) is 30.3 Å². The summed E-state index contributed by atoms with van der Waals surface area (Å²) in [6.45, 7) is 0.545. The Morgan fingerprint density at radius 1 is 1.00 bits per heavy atom. The van der Waals surface area contributed by atoms with E-state index in [-0.39, 0.29) is 5.91 Å². The molecule has 0 aliphatic heterocycles. The van der Waals surface area contributed by atoms with E-state index in [4.69, 9.17) is 0 Å². The Labute approximate surface area is 154 Å². The molecule has 0 aliphatic carbocycles. The van der Waals surface area contributed by atoms with Gasteiger partial charge in [-0.05, 0) is 48.7 Å². The minimum Gasteiger partial charge on any atom is -0.352 e. The van der Waals surface area contributed by atoms with Crippen LogP contribution in [0.25, 0.3) is 5.69 Å². The molecule has 1 N–H and O–H groups in total. The summed E-state index contributed by atoms with van der Waals surface area (Å²) in [6, 6.07) is 17.2. The average molecular weight is 373 g/mol. The van der Waals surface area contributed by atoms with Crippen LogP contribution in [0.15, 0.2) is 66.9 Å². The summed E-state index contributed by atoms with van der Waals surface area (Å²) in [5.41, 5.74) is 1.16. The number of amides is 1. The number of alkyl halides is 3. The number of aryl methyl sites for hydroxylation is 1. The number of hydrogen-bond acceptors (Lipinski definition) is 2. The van der Waals surface area contributed by atoms with Crippen molar-refractivity contribution in [2.45, 2.75) is 19.0 Å². The molecule has 0 unspecified atom stereocenters. The van der Waals surface area contributed by atoms with E-state index in [1.54, 1.807) is 24.3 Å². The van der Waals surface area contributed by atoms with Gasteiger partial charge < -0.3 is 5.32 Å². The molecular weight excluding hydrogens is 355 g/mol. The Kier molecular flexibility index (Phi) is 5.59. The highest BCUT2D eigenvalue weighted by Crippen LogP contribution is 2.27. The summed E-state index contributed by atoms with van der Waals surface area (Å²) < 4.78 is 39.0. The number of aromatic nitrogens is 2.